The van der Waals surface area contributed by atoms with E-state index in [2.05, 4.69) is 14.5 Å². The number of amides is 1. The Hall–Kier alpha value is -2.37. The third-order valence-corrected chi connectivity index (χ3v) is 3.90. The van der Waals surface area contributed by atoms with Crippen LogP contribution in [-0.4, -0.2) is 45.0 Å². The van der Waals surface area contributed by atoms with Crippen molar-refractivity contribution in [1.82, 2.24) is 19.4 Å². The smallest absolute Gasteiger partial charge is 0.255 e. The number of hydrogen-bond acceptors (Lipinski definition) is 4. The summed E-state index contributed by atoms with van der Waals surface area (Å²) in [5.74, 6) is 2.10. The second-order valence-corrected chi connectivity index (χ2v) is 5.52. The Labute approximate surface area is 129 Å². The number of aryl methyl sites for hydroxylation is 1. The predicted molar refractivity (Wildman–Crippen MR) is 81.8 cm³/mol. The van der Waals surface area contributed by atoms with E-state index >= 15 is 0 Å². The summed E-state index contributed by atoms with van der Waals surface area (Å²) < 4.78 is 7.41. The molecule has 6 nitrogen and oxygen atoms in total. The molecule has 0 bridgehead atoms. The Balaban J connectivity index is 1.53. The highest BCUT2D eigenvalue weighted by atomic mass is 16.5. The molecule has 0 saturated carbocycles. The van der Waals surface area contributed by atoms with E-state index < -0.39 is 0 Å². The maximum atomic E-state index is 12.3. The molecule has 6 heteroatoms. The summed E-state index contributed by atoms with van der Waals surface area (Å²) in [6.07, 6.45) is 5.37. The number of carbonyl (C=O) groups is 1. The van der Waals surface area contributed by atoms with Gasteiger partial charge in [0.2, 0.25) is 5.88 Å². The van der Waals surface area contributed by atoms with E-state index in [1.165, 1.54) is 0 Å². The number of imidazole rings is 1. The minimum absolute atomic E-state index is 0.0363. The minimum atomic E-state index is 0.0363. The maximum Gasteiger partial charge on any atom is 0.255 e. The number of likely N-dealkylation sites (tertiary alicyclic amines) is 1. The molecule has 116 valence electrons. The van der Waals surface area contributed by atoms with Gasteiger partial charge in [-0.25, -0.2) is 9.97 Å². The van der Waals surface area contributed by atoms with Gasteiger partial charge in [-0.05, 0) is 19.9 Å². The van der Waals surface area contributed by atoms with Crippen molar-refractivity contribution >= 4 is 5.91 Å². The van der Waals surface area contributed by atoms with Crippen molar-refractivity contribution in [2.45, 2.75) is 20.4 Å². The SMILES string of the molecule is CCOc1ccc(C(=O)N2CC(Cn3ccnc3C)C2)cn1. The van der Waals surface area contributed by atoms with E-state index in [0.717, 1.165) is 25.5 Å². The Kier molecular flexibility index (Phi) is 4.09. The molecule has 3 heterocycles. The lowest BCUT2D eigenvalue weighted by Gasteiger charge is -2.39. The summed E-state index contributed by atoms with van der Waals surface area (Å²) in [5, 5.41) is 0. The Bertz CT molecular complexity index is 644. The quantitative estimate of drug-likeness (QED) is 0.844. The van der Waals surface area contributed by atoms with Gasteiger partial charge < -0.3 is 14.2 Å². The first-order chi connectivity index (χ1) is 10.7. The Morgan fingerprint density at radius 1 is 1.36 bits per heavy atom. The predicted octanol–water partition coefficient (Wildman–Crippen LogP) is 1.76. The highest BCUT2D eigenvalue weighted by Crippen LogP contribution is 2.21. The average molecular weight is 300 g/mol. The zero-order chi connectivity index (χ0) is 15.5. The first-order valence-electron chi connectivity index (χ1n) is 7.53. The monoisotopic (exact) mass is 300 g/mol. The fourth-order valence-electron chi connectivity index (χ4n) is 2.65. The third-order valence-electron chi connectivity index (χ3n) is 3.90. The lowest BCUT2D eigenvalue weighted by atomic mass is 9.99. The van der Waals surface area contributed by atoms with Crippen molar-refractivity contribution in [3.05, 3.63) is 42.1 Å². The van der Waals surface area contributed by atoms with E-state index in [0.29, 0.717) is 24.0 Å². The van der Waals surface area contributed by atoms with Gasteiger partial charge >= 0.3 is 0 Å². The zero-order valence-corrected chi connectivity index (χ0v) is 12.9. The molecule has 0 spiro atoms. The second-order valence-electron chi connectivity index (χ2n) is 5.52. The molecule has 1 aliphatic heterocycles. The fraction of sp³-hybridized carbons (Fsp3) is 0.438. The van der Waals surface area contributed by atoms with Crippen molar-refractivity contribution in [2.75, 3.05) is 19.7 Å². The van der Waals surface area contributed by atoms with Crippen LogP contribution in [0, 0.1) is 12.8 Å². The number of aromatic nitrogens is 3. The van der Waals surface area contributed by atoms with Gasteiger partial charge in [-0.1, -0.05) is 0 Å². The molecule has 0 atom stereocenters. The molecule has 22 heavy (non-hydrogen) atoms. The molecule has 0 unspecified atom stereocenters. The second kappa shape index (κ2) is 6.17. The number of carbonyl (C=O) groups excluding carboxylic acids is 1. The summed E-state index contributed by atoms with van der Waals surface area (Å²) in [6.45, 7) is 6.95. The molecule has 1 fully saturated rings. The normalized spacial score (nSPS) is 14.7. The highest BCUT2D eigenvalue weighted by Gasteiger charge is 2.31. The minimum Gasteiger partial charge on any atom is -0.478 e. The molecule has 0 aliphatic carbocycles. The largest absolute Gasteiger partial charge is 0.478 e. The number of ether oxygens (including phenoxy) is 1. The number of rotatable bonds is 5. The standard InChI is InChI=1S/C16H20N4O2/c1-3-22-15-5-4-14(8-18-15)16(21)20-10-13(11-20)9-19-7-6-17-12(19)2/h4-8,13H,3,9-11H2,1-2H3. The van der Waals surface area contributed by atoms with Crippen LogP contribution in [0.3, 0.4) is 0 Å². The van der Waals surface area contributed by atoms with Crippen LogP contribution in [0.2, 0.25) is 0 Å². The van der Waals surface area contributed by atoms with Gasteiger partial charge in [0.05, 0.1) is 12.2 Å². The highest BCUT2D eigenvalue weighted by molar-refractivity contribution is 5.94. The van der Waals surface area contributed by atoms with E-state index in [-0.39, 0.29) is 5.91 Å². The molecule has 1 saturated heterocycles. The van der Waals surface area contributed by atoms with E-state index in [1.54, 1.807) is 18.3 Å². The van der Waals surface area contributed by atoms with Crippen LogP contribution in [0.4, 0.5) is 0 Å². The average Bonchev–Trinajstić information content (AvgIpc) is 2.88. The number of pyridine rings is 1. The molecule has 1 amide bonds. The third kappa shape index (κ3) is 2.95. The number of nitrogens with zero attached hydrogens (tertiary/aromatic N) is 4. The molecule has 0 aromatic carbocycles. The molecule has 2 aromatic rings. The van der Waals surface area contributed by atoms with Crippen LogP contribution < -0.4 is 4.74 Å². The number of hydrogen-bond donors (Lipinski definition) is 0. The van der Waals surface area contributed by atoms with Crippen molar-refractivity contribution in [1.29, 1.82) is 0 Å². The van der Waals surface area contributed by atoms with E-state index in [1.807, 2.05) is 31.1 Å². The molecular formula is C16H20N4O2. The topological polar surface area (TPSA) is 60.2 Å². The van der Waals surface area contributed by atoms with Crippen LogP contribution in [0.1, 0.15) is 23.1 Å². The van der Waals surface area contributed by atoms with Crippen LogP contribution in [0.15, 0.2) is 30.7 Å². The maximum absolute atomic E-state index is 12.3. The first-order valence-corrected chi connectivity index (χ1v) is 7.53. The molecule has 1 aliphatic rings. The Morgan fingerprint density at radius 2 is 2.18 bits per heavy atom. The summed E-state index contributed by atoms with van der Waals surface area (Å²) in [7, 11) is 0. The van der Waals surface area contributed by atoms with Gasteiger partial charge in [0.15, 0.2) is 0 Å². The van der Waals surface area contributed by atoms with E-state index in [9.17, 15) is 4.79 Å². The lowest BCUT2D eigenvalue weighted by molar-refractivity contribution is 0.0467. The van der Waals surface area contributed by atoms with Crippen molar-refractivity contribution in [3.8, 4) is 5.88 Å². The molecule has 0 radical (unpaired) electrons. The molecule has 0 N–H and O–H groups in total. The summed E-state index contributed by atoms with van der Waals surface area (Å²) >= 11 is 0. The zero-order valence-electron chi connectivity index (χ0n) is 12.9. The van der Waals surface area contributed by atoms with Crippen molar-refractivity contribution in [2.24, 2.45) is 5.92 Å². The van der Waals surface area contributed by atoms with Crippen molar-refractivity contribution < 1.29 is 9.53 Å². The lowest BCUT2D eigenvalue weighted by Crippen LogP contribution is -2.51. The molecule has 3 rings (SSSR count). The summed E-state index contributed by atoms with van der Waals surface area (Å²) in [5.41, 5.74) is 0.612. The van der Waals surface area contributed by atoms with E-state index in [4.69, 9.17) is 4.74 Å². The van der Waals surface area contributed by atoms with Gasteiger partial charge in [0, 0.05) is 50.2 Å². The Morgan fingerprint density at radius 3 is 2.77 bits per heavy atom. The molecular weight excluding hydrogens is 280 g/mol. The van der Waals surface area contributed by atoms with Gasteiger partial charge in [-0.15, -0.1) is 0 Å². The first kappa shape index (κ1) is 14.6. The van der Waals surface area contributed by atoms with Gasteiger partial charge in [-0.3, -0.25) is 4.79 Å². The van der Waals surface area contributed by atoms with Crippen LogP contribution >= 0.6 is 0 Å². The van der Waals surface area contributed by atoms with Crippen LogP contribution in [-0.2, 0) is 6.54 Å². The summed E-state index contributed by atoms with van der Waals surface area (Å²) in [6, 6.07) is 3.51. The fourth-order valence-corrected chi connectivity index (χ4v) is 2.65. The van der Waals surface area contributed by atoms with Gasteiger partial charge in [0.25, 0.3) is 5.91 Å². The summed E-state index contributed by atoms with van der Waals surface area (Å²) in [4.78, 5) is 22.5. The van der Waals surface area contributed by atoms with Gasteiger partial charge in [0.1, 0.15) is 5.82 Å². The molecule has 2 aromatic heterocycles. The van der Waals surface area contributed by atoms with Crippen molar-refractivity contribution in [3.63, 3.8) is 0 Å². The van der Waals surface area contributed by atoms with Crippen LogP contribution in [0.5, 0.6) is 5.88 Å². The van der Waals surface area contributed by atoms with Crippen LogP contribution in [0.25, 0.3) is 0 Å². The van der Waals surface area contributed by atoms with Gasteiger partial charge in [-0.2, -0.15) is 0 Å².